The summed E-state index contributed by atoms with van der Waals surface area (Å²) in [5.41, 5.74) is 0. The third-order valence-electron chi connectivity index (χ3n) is 19.7. The molecular formula is C70H125NO12. The lowest BCUT2D eigenvalue weighted by Crippen LogP contribution is -2.33. The molecule has 1 N–H and O–H groups in total. The molecule has 0 spiro atoms. The Morgan fingerprint density at radius 2 is 0.687 bits per heavy atom. The topological polar surface area (TPSA) is 164 Å². The largest absolute Gasteiger partial charge is 0.465 e. The molecule has 0 aromatic carbocycles. The second-order valence-corrected chi connectivity index (χ2v) is 26.7. The first-order chi connectivity index (χ1) is 40.4. The summed E-state index contributed by atoms with van der Waals surface area (Å²) in [6, 6.07) is 0. The van der Waals surface area contributed by atoms with Crippen LogP contribution in [0.25, 0.3) is 0 Å². The van der Waals surface area contributed by atoms with E-state index in [0.29, 0.717) is 37.0 Å². The maximum atomic E-state index is 13.3. The van der Waals surface area contributed by atoms with Crippen molar-refractivity contribution in [3.63, 3.8) is 0 Å². The van der Waals surface area contributed by atoms with E-state index < -0.39 is 12.2 Å². The normalized spacial score (nSPS) is 24.1. The van der Waals surface area contributed by atoms with Crippen LogP contribution in [0.2, 0.25) is 0 Å². The standard InChI is InChI=1S/C70H125NO12/c1-6-11-17-25-55-31-39-61(40-32-55)67(74)80-51-59(52-81-68(75)62-41-33-56(34-42-62)26-18-12-7-2)49-78-65(72)29-21-15-23-47-71(10-5)48-24-16-22-30-66(73)79-50-60(53-82-69(76)63-43-35-57(36-44-63)27-19-13-8-3)54-83-70(77)64-45-37-58(38-46-64)28-20-14-9-4/h55-64,67,74H,6-54H2,1-5H3. The quantitative estimate of drug-likeness (QED) is 0.0265. The van der Waals surface area contributed by atoms with Crippen LogP contribution in [0.5, 0.6) is 0 Å². The molecule has 4 saturated carbocycles. The van der Waals surface area contributed by atoms with E-state index >= 15 is 0 Å². The van der Waals surface area contributed by atoms with Crippen LogP contribution in [-0.4, -0.2) is 105 Å². The van der Waals surface area contributed by atoms with Crippen molar-refractivity contribution in [1.29, 1.82) is 0 Å². The van der Waals surface area contributed by atoms with Crippen LogP contribution in [0.3, 0.4) is 0 Å². The summed E-state index contributed by atoms with van der Waals surface area (Å²) >= 11 is 0. The molecule has 0 radical (unpaired) electrons. The fourth-order valence-electron chi connectivity index (χ4n) is 13.7. The van der Waals surface area contributed by atoms with Gasteiger partial charge in [-0.1, -0.05) is 150 Å². The minimum absolute atomic E-state index is 0.0484. The van der Waals surface area contributed by atoms with Crippen molar-refractivity contribution < 1.29 is 57.5 Å². The van der Waals surface area contributed by atoms with Crippen molar-refractivity contribution in [1.82, 2.24) is 4.90 Å². The zero-order chi connectivity index (χ0) is 59.7. The molecule has 4 fully saturated rings. The molecule has 4 aliphatic carbocycles. The van der Waals surface area contributed by atoms with Gasteiger partial charge in [0.15, 0.2) is 6.29 Å². The number of carbonyl (C=O) groups is 5. The van der Waals surface area contributed by atoms with E-state index in [2.05, 4.69) is 39.5 Å². The van der Waals surface area contributed by atoms with Gasteiger partial charge in [-0.15, -0.1) is 0 Å². The third-order valence-corrected chi connectivity index (χ3v) is 19.7. The van der Waals surface area contributed by atoms with Crippen molar-refractivity contribution in [2.24, 2.45) is 59.2 Å². The van der Waals surface area contributed by atoms with Gasteiger partial charge >= 0.3 is 29.8 Å². The van der Waals surface area contributed by atoms with E-state index in [1.165, 1.54) is 103 Å². The molecule has 13 nitrogen and oxygen atoms in total. The molecule has 482 valence electrons. The molecule has 0 aromatic heterocycles. The number of carbonyl (C=O) groups excluding carboxylic acids is 5. The Hall–Kier alpha value is -2.77. The van der Waals surface area contributed by atoms with Crippen LogP contribution in [-0.2, 0) is 52.4 Å². The summed E-state index contributed by atoms with van der Waals surface area (Å²) in [5, 5.41) is 11.1. The summed E-state index contributed by atoms with van der Waals surface area (Å²) in [5.74, 6) is 0.813. The van der Waals surface area contributed by atoms with E-state index in [9.17, 15) is 29.1 Å². The second-order valence-electron chi connectivity index (χ2n) is 26.7. The van der Waals surface area contributed by atoms with Crippen LogP contribution >= 0.6 is 0 Å². The van der Waals surface area contributed by atoms with Crippen molar-refractivity contribution in [2.75, 3.05) is 59.3 Å². The van der Waals surface area contributed by atoms with Gasteiger partial charge in [-0.25, -0.2) is 0 Å². The zero-order valence-electron chi connectivity index (χ0n) is 53.9. The number of hydrogen-bond donors (Lipinski definition) is 1. The molecular weight excluding hydrogens is 1050 g/mol. The molecule has 4 aliphatic rings. The predicted molar refractivity (Wildman–Crippen MR) is 331 cm³/mol. The van der Waals surface area contributed by atoms with E-state index in [1.54, 1.807) is 0 Å². The van der Waals surface area contributed by atoms with Gasteiger partial charge in [-0.2, -0.15) is 0 Å². The van der Waals surface area contributed by atoms with Gasteiger partial charge in [-0.3, -0.25) is 24.0 Å². The number of rotatable bonds is 46. The molecule has 0 heterocycles. The molecule has 0 aromatic rings. The van der Waals surface area contributed by atoms with Crippen molar-refractivity contribution >= 4 is 29.8 Å². The minimum Gasteiger partial charge on any atom is -0.465 e. The van der Waals surface area contributed by atoms with Gasteiger partial charge in [0.2, 0.25) is 0 Å². The highest BCUT2D eigenvalue weighted by molar-refractivity contribution is 5.73. The average Bonchev–Trinajstić information content (AvgIpc) is 3.52. The SMILES string of the molecule is CCCCCC1CCC(C(=O)OCC(COC(=O)CCCCCN(CC)CCCCCC(=O)OCC(COC(=O)C2CCC(CCCCC)CC2)COC(O)C2CCC(CCCCC)CC2)COC(=O)C2CCC(CCCCC)CC2)CC1. The molecule has 83 heavy (non-hydrogen) atoms. The number of esters is 5. The van der Waals surface area contributed by atoms with Gasteiger partial charge in [0.05, 0.1) is 49.4 Å². The lowest BCUT2D eigenvalue weighted by atomic mass is 9.79. The summed E-state index contributed by atoms with van der Waals surface area (Å²) in [7, 11) is 0. The maximum absolute atomic E-state index is 13.3. The number of ether oxygens (including phenoxy) is 6. The fourth-order valence-corrected chi connectivity index (χ4v) is 13.7. The Morgan fingerprint density at radius 3 is 1.01 bits per heavy atom. The average molecular weight is 1170 g/mol. The molecule has 2 atom stereocenters. The van der Waals surface area contributed by atoms with Crippen molar-refractivity contribution in [3.8, 4) is 0 Å². The van der Waals surface area contributed by atoms with E-state index in [-0.39, 0.29) is 99.1 Å². The molecule has 13 heteroatoms. The van der Waals surface area contributed by atoms with E-state index in [1.807, 2.05) is 0 Å². The van der Waals surface area contributed by atoms with Crippen molar-refractivity contribution in [2.45, 2.75) is 298 Å². The minimum atomic E-state index is -0.880. The summed E-state index contributed by atoms with van der Waals surface area (Å²) in [6.45, 7) is 14.4. The number of unbranched alkanes of at least 4 members (excludes halogenated alkanes) is 12. The molecule has 4 rings (SSSR count). The van der Waals surface area contributed by atoms with Crippen LogP contribution in [0.15, 0.2) is 0 Å². The monoisotopic (exact) mass is 1170 g/mol. The van der Waals surface area contributed by atoms with Crippen LogP contribution < -0.4 is 0 Å². The predicted octanol–water partition coefficient (Wildman–Crippen LogP) is 16.3. The van der Waals surface area contributed by atoms with Crippen LogP contribution in [0.4, 0.5) is 0 Å². The van der Waals surface area contributed by atoms with E-state index in [0.717, 1.165) is 160 Å². The highest BCUT2D eigenvalue weighted by atomic mass is 16.6. The van der Waals surface area contributed by atoms with Gasteiger partial charge in [0.1, 0.15) is 19.8 Å². The summed E-state index contributed by atoms with van der Waals surface area (Å²) < 4.78 is 35.3. The van der Waals surface area contributed by atoms with Crippen molar-refractivity contribution in [3.05, 3.63) is 0 Å². The third kappa shape index (κ3) is 32.2. The Morgan fingerprint density at radius 1 is 0.373 bits per heavy atom. The first-order valence-electron chi connectivity index (χ1n) is 35.3. The summed E-state index contributed by atoms with van der Waals surface area (Å²) in [6.07, 6.45) is 40.7. The Labute approximate surface area is 506 Å². The second kappa shape index (κ2) is 45.5. The summed E-state index contributed by atoms with van der Waals surface area (Å²) in [4.78, 5) is 68.2. The first-order valence-corrected chi connectivity index (χ1v) is 35.3. The van der Waals surface area contributed by atoms with Gasteiger partial charge < -0.3 is 38.4 Å². The molecule has 2 unspecified atom stereocenters. The smallest absolute Gasteiger partial charge is 0.308 e. The van der Waals surface area contributed by atoms with Gasteiger partial charge in [-0.05, 0) is 172 Å². The lowest BCUT2D eigenvalue weighted by Gasteiger charge is -2.32. The number of aliphatic hydroxyl groups is 1. The van der Waals surface area contributed by atoms with Crippen LogP contribution in [0, 0.1) is 59.2 Å². The molecule has 0 aliphatic heterocycles. The highest BCUT2D eigenvalue weighted by Crippen LogP contribution is 2.37. The Kier molecular flexibility index (Phi) is 39.9. The molecule has 0 amide bonds. The van der Waals surface area contributed by atoms with Gasteiger partial charge in [0, 0.05) is 18.8 Å². The van der Waals surface area contributed by atoms with Gasteiger partial charge in [0.25, 0.3) is 0 Å². The molecule has 0 bridgehead atoms. The Balaban J connectivity index is 1.12. The van der Waals surface area contributed by atoms with Crippen LogP contribution in [0.1, 0.15) is 291 Å². The number of aliphatic hydroxyl groups excluding tert-OH is 1. The highest BCUT2D eigenvalue weighted by Gasteiger charge is 2.33. The maximum Gasteiger partial charge on any atom is 0.308 e. The first kappa shape index (κ1) is 72.7. The Bertz CT molecular complexity index is 1630. The molecule has 0 saturated heterocycles. The number of hydrogen-bond acceptors (Lipinski definition) is 13. The lowest BCUT2D eigenvalue weighted by molar-refractivity contribution is -0.168. The fraction of sp³-hybridized carbons (Fsp3) is 0.929. The zero-order valence-corrected chi connectivity index (χ0v) is 53.9. The number of nitrogens with zero attached hydrogens (tertiary/aromatic N) is 1. The van der Waals surface area contributed by atoms with E-state index in [4.69, 9.17) is 28.4 Å².